The summed E-state index contributed by atoms with van der Waals surface area (Å²) < 4.78 is 51.7. The number of aliphatic hydroxyl groups excluding tert-OH is 12. The van der Waals surface area contributed by atoms with Gasteiger partial charge in [-0.05, 0) is 38.1 Å². The monoisotopic (exact) mass is 902 g/mol. The third kappa shape index (κ3) is 9.19. The van der Waals surface area contributed by atoms with Gasteiger partial charge in [0.15, 0.2) is 24.4 Å². The van der Waals surface area contributed by atoms with E-state index in [9.17, 15) is 76.3 Å². The molecule has 63 heavy (non-hydrogen) atoms. The van der Waals surface area contributed by atoms with Crippen molar-refractivity contribution in [2.75, 3.05) is 13.2 Å². The van der Waals surface area contributed by atoms with E-state index < -0.39 is 164 Å². The van der Waals surface area contributed by atoms with Crippen molar-refractivity contribution in [3.8, 4) is 34.3 Å². The zero-order chi connectivity index (χ0) is 45.8. The number of hydrogen-bond donors (Lipinski definition) is 14. The van der Waals surface area contributed by atoms with Crippen LogP contribution in [0.4, 0.5) is 0 Å². The number of fused-ring (bicyclic) bond motifs is 1. The Balaban J connectivity index is 1.27. The molecule has 350 valence electrons. The first kappa shape index (κ1) is 47.1. The van der Waals surface area contributed by atoms with Gasteiger partial charge >= 0.3 is 0 Å². The van der Waals surface area contributed by atoms with Gasteiger partial charge in [0.2, 0.25) is 23.8 Å². The van der Waals surface area contributed by atoms with E-state index in [1.165, 1.54) is 38.1 Å². The summed E-state index contributed by atoms with van der Waals surface area (Å²) in [4.78, 5) is 14.5. The molecule has 4 saturated heterocycles. The van der Waals surface area contributed by atoms with Crippen LogP contribution in [0.3, 0.4) is 0 Å². The summed E-state index contributed by atoms with van der Waals surface area (Å²) in [5, 5.41) is 147. The third-order valence-electron chi connectivity index (χ3n) is 11.3. The van der Waals surface area contributed by atoms with Gasteiger partial charge in [-0.25, -0.2) is 0 Å². The van der Waals surface area contributed by atoms with Crippen molar-refractivity contribution < 1.29 is 114 Å². The number of aromatic hydroxyl groups is 2. The molecule has 20 unspecified atom stereocenters. The topological polar surface area (TPSA) is 387 Å². The number of hydrogen-bond acceptors (Lipinski definition) is 24. The van der Waals surface area contributed by atoms with Gasteiger partial charge in [0, 0.05) is 17.7 Å². The van der Waals surface area contributed by atoms with Crippen LogP contribution in [-0.2, 0) is 28.4 Å². The zero-order valence-corrected chi connectivity index (χ0v) is 33.3. The van der Waals surface area contributed by atoms with Crippen molar-refractivity contribution in [3.05, 3.63) is 46.6 Å². The number of phenolic OH excluding ortho intramolecular Hbond substituents is 2. The molecule has 7 rings (SSSR count). The summed E-state index contributed by atoms with van der Waals surface area (Å²) in [7, 11) is 0. The molecule has 1 aromatic heterocycles. The number of rotatable bonds is 11. The number of ether oxygens (including phenoxy) is 8. The second-order valence-electron chi connectivity index (χ2n) is 15.7. The number of aliphatic hydroxyl groups is 12. The van der Waals surface area contributed by atoms with Crippen LogP contribution in [0.2, 0.25) is 0 Å². The van der Waals surface area contributed by atoms with Gasteiger partial charge in [0.1, 0.15) is 108 Å². The lowest BCUT2D eigenvalue weighted by Crippen LogP contribution is -2.65. The Labute approximate surface area is 355 Å². The summed E-state index contributed by atoms with van der Waals surface area (Å²) in [6.07, 6.45) is -34.3. The molecule has 0 aliphatic carbocycles. The lowest BCUT2D eigenvalue weighted by atomic mass is 9.97. The average molecular weight is 903 g/mol. The molecule has 0 saturated carbocycles. The van der Waals surface area contributed by atoms with Crippen LogP contribution in [0.5, 0.6) is 23.0 Å². The van der Waals surface area contributed by atoms with Crippen molar-refractivity contribution in [1.29, 1.82) is 0 Å². The maximum Gasteiger partial charge on any atom is 0.239 e. The van der Waals surface area contributed by atoms with Crippen molar-refractivity contribution in [1.82, 2.24) is 0 Å². The maximum atomic E-state index is 14.5. The maximum absolute atomic E-state index is 14.5. The summed E-state index contributed by atoms with van der Waals surface area (Å²) in [6, 6.07) is 7.10. The molecule has 5 heterocycles. The average Bonchev–Trinajstić information content (AvgIpc) is 3.25. The first-order valence-electron chi connectivity index (χ1n) is 19.8. The van der Waals surface area contributed by atoms with Crippen molar-refractivity contribution in [2.24, 2.45) is 0 Å². The van der Waals surface area contributed by atoms with Crippen molar-refractivity contribution in [3.63, 3.8) is 0 Å². The molecular formula is C39H50O24. The van der Waals surface area contributed by atoms with Crippen LogP contribution in [0, 0.1) is 0 Å². The van der Waals surface area contributed by atoms with E-state index in [-0.39, 0.29) is 22.6 Å². The smallest absolute Gasteiger partial charge is 0.239 e. The van der Waals surface area contributed by atoms with E-state index in [0.29, 0.717) is 0 Å². The van der Waals surface area contributed by atoms with Gasteiger partial charge in [-0.1, -0.05) is 0 Å². The molecule has 0 spiro atoms. The van der Waals surface area contributed by atoms with E-state index in [2.05, 4.69) is 0 Å². The van der Waals surface area contributed by atoms with Crippen LogP contribution >= 0.6 is 0 Å². The van der Waals surface area contributed by atoms with E-state index >= 15 is 0 Å². The molecule has 4 aliphatic heterocycles. The van der Waals surface area contributed by atoms with Crippen molar-refractivity contribution in [2.45, 2.75) is 137 Å². The fourth-order valence-electron chi connectivity index (χ4n) is 7.56. The second kappa shape index (κ2) is 18.9. The minimum Gasteiger partial charge on any atom is -0.508 e. The van der Waals surface area contributed by atoms with E-state index in [1.807, 2.05) is 0 Å². The van der Waals surface area contributed by atoms with E-state index in [4.69, 9.17) is 42.3 Å². The number of benzene rings is 2. The lowest BCUT2D eigenvalue weighted by Gasteiger charge is -2.46. The molecule has 0 bridgehead atoms. The largest absolute Gasteiger partial charge is 0.508 e. The van der Waals surface area contributed by atoms with Crippen LogP contribution in [0.25, 0.3) is 22.3 Å². The quantitative estimate of drug-likeness (QED) is 0.0856. The Kier molecular flexibility index (Phi) is 14.1. The van der Waals surface area contributed by atoms with Crippen molar-refractivity contribution >= 4 is 11.0 Å². The Morgan fingerprint density at radius 3 is 1.78 bits per heavy atom. The Hall–Kier alpha value is -3.87. The van der Waals surface area contributed by atoms with Gasteiger partial charge < -0.3 is 114 Å². The molecule has 3 aromatic rings. The summed E-state index contributed by atoms with van der Waals surface area (Å²) in [5.41, 5.74) is -1.43. The molecule has 20 atom stereocenters. The fraction of sp³-hybridized carbons (Fsp3) is 0.615. The predicted molar refractivity (Wildman–Crippen MR) is 202 cm³/mol. The first-order chi connectivity index (χ1) is 29.8. The van der Waals surface area contributed by atoms with Crippen LogP contribution in [0.1, 0.15) is 13.8 Å². The Morgan fingerprint density at radius 1 is 0.587 bits per heavy atom. The molecule has 24 nitrogen and oxygen atoms in total. The van der Waals surface area contributed by atoms with Gasteiger partial charge in [-0.15, -0.1) is 0 Å². The van der Waals surface area contributed by atoms with Gasteiger partial charge in [0.25, 0.3) is 0 Å². The van der Waals surface area contributed by atoms with Gasteiger partial charge in [0.05, 0.1) is 25.4 Å². The summed E-state index contributed by atoms with van der Waals surface area (Å²) in [6.45, 7) is 1.18. The van der Waals surface area contributed by atoms with Gasteiger partial charge in [-0.3, -0.25) is 4.79 Å². The Bertz CT molecular complexity index is 2080. The lowest BCUT2D eigenvalue weighted by molar-refractivity contribution is -0.362. The van der Waals surface area contributed by atoms with E-state index in [0.717, 1.165) is 12.1 Å². The van der Waals surface area contributed by atoms with Crippen LogP contribution in [-0.4, -0.2) is 208 Å². The molecule has 14 N–H and O–H groups in total. The molecule has 4 aliphatic rings. The highest BCUT2D eigenvalue weighted by Gasteiger charge is 2.53. The molecule has 24 heteroatoms. The summed E-state index contributed by atoms with van der Waals surface area (Å²) >= 11 is 0. The van der Waals surface area contributed by atoms with Crippen LogP contribution < -0.4 is 14.9 Å². The highest BCUT2D eigenvalue weighted by molar-refractivity contribution is 5.88. The molecule has 0 amide bonds. The Morgan fingerprint density at radius 2 is 1.14 bits per heavy atom. The minimum atomic E-state index is -2.12. The summed E-state index contributed by atoms with van der Waals surface area (Å²) in [5.74, 6) is -2.43. The van der Waals surface area contributed by atoms with Gasteiger partial charge in [-0.2, -0.15) is 0 Å². The zero-order valence-electron chi connectivity index (χ0n) is 33.3. The predicted octanol–water partition coefficient (Wildman–Crippen LogP) is -5.07. The fourth-order valence-corrected chi connectivity index (χ4v) is 7.56. The number of phenols is 2. The highest BCUT2D eigenvalue weighted by Crippen LogP contribution is 2.40. The van der Waals surface area contributed by atoms with Crippen LogP contribution in [0.15, 0.2) is 45.6 Å². The first-order valence-corrected chi connectivity index (χ1v) is 19.8. The normalized spacial score (nSPS) is 41.0. The molecular weight excluding hydrogens is 852 g/mol. The standard InChI is InChI=1S/C39H50O24/c1-11-21(43)26(48)30(52)36(56-11)55-10-19-24(46)29(51)35(63-38-32(54)28(50)23(45)18(9-40)60-38)39(61-19)62-34-25(47)20-16(42)7-15(58-37-31(53)27(49)22(44)12(2)57-37)8-17(20)59-33(34)13-3-5-14(41)6-4-13/h3-8,11-12,18-19,21-24,26-32,35-46,48-54H,9-10H2,1-2H3. The highest BCUT2D eigenvalue weighted by atomic mass is 16.8. The second-order valence-corrected chi connectivity index (χ2v) is 15.7. The molecule has 2 aromatic carbocycles. The minimum absolute atomic E-state index is 0.0468. The molecule has 0 radical (unpaired) electrons. The molecule has 4 fully saturated rings. The third-order valence-corrected chi connectivity index (χ3v) is 11.3. The van der Waals surface area contributed by atoms with E-state index in [1.54, 1.807) is 0 Å². The SMILES string of the molecule is CC1OC(OCC2OC(Oc3c(-c4ccc(O)cc4)oc4cc(OC5OC(C)C(O)C(O)C5O)cc(O)c4c3=O)C(OC3OC(CO)C(O)C(O)C3O)C(O)C2O)C(O)C(O)C1O.